The van der Waals surface area contributed by atoms with Gasteiger partial charge in [0.05, 0.1) is 11.6 Å². The SMILES string of the molecule is CC(C)Oc1ccc2ncccc2c1C(=O)O. The van der Waals surface area contributed by atoms with E-state index in [1.165, 1.54) is 0 Å². The lowest BCUT2D eigenvalue weighted by molar-refractivity contribution is 0.0693. The van der Waals surface area contributed by atoms with Crippen molar-refractivity contribution in [3.05, 3.63) is 36.0 Å². The van der Waals surface area contributed by atoms with E-state index in [-0.39, 0.29) is 11.7 Å². The third kappa shape index (κ3) is 2.20. The van der Waals surface area contributed by atoms with Gasteiger partial charge in [-0.2, -0.15) is 0 Å². The maximum Gasteiger partial charge on any atom is 0.340 e. The molecule has 0 spiro atoms. The number of aromatic carboxylic acids is 1. The summed E-state index contributed by atoms with van der Waals surface area (Å²) in [5, 5.41) is 9.86. The molecule has 2 aromatic rings. The van der Waals surface area contributed by atoms with Crippen molar-refractivity contribution in [3.63, 3.8) is 0 Å². The van der Waals surface area contributed by atoms with Gasteiger partial charge < -0.3 is 9.84 Å². The molecule has 0 amide bonds. The molecule has 0 radical (unpaired) electrons. The van der Waals surface area contributed by atoms with Crippen molar-refractivity contribution in [2.75, 3.05) is 0 Å². The van der Waals surface area contributed by atoms with E-state index in [0.717, 1.165) is 0 Å². The highest BCUT2D eigenvalue weighted by atomic mass is 16.5. The minimum Gasteiger partial charge on any atom is -0.490 e. The molecule has 1 aromatic heterocycles. The summed E-state index contributed by atoms with van der Waals surface area (Å²) in [6.45, 7) is 3.72. The first-order valence-electron chi connectivity index (χ1n) is 5.37. The van der Waals surface area contributed by atoms with Crippen LogP contribution >= 0.6 is 0 Å². The lowest BCUT2D eigenvalue weighted by atomic mass is 10.1. The van der Waals surface area contributed by atoms with E-state index in [0.29, 0.717) is 16.7 Å². The zero-order valence-corrected chi connectivity index (χ0v) is 9.68. The standard InChI is InChI=1S/C13H13NO3/c1-8(2)17-11-6-5-10-9(4-3-7-14-10)12(11)13(15)16/h3-8H,1-2H3,(H,15,16). The van der Waals surface area contributed by atoms with E-state index in [9.17, 15) is 9.90 Å². The number of carboxylic acids is 1. The topological polar surface area (TPSA) is 59.4 Å². The number of fused-ring (bicyclic) bond motifs is 1. The monoisotopic (exact) mass is 231 g/mol. The molecule has 0 aliphatic carbocycles. The van der Waals surface area contributed by atoms with E-state index in [1.54, 1.807) is 30.5 Å². The van der Waals surface area contributed by atoms with Crippen molar-refractivity contribution in [1.29, 1.82) is 0 Å². The highest BCUT2D eigenvalue weighted by Crippen LogP contribution is 2.27. The summed E-state index contributed by atoms with van der Waals surface area (Å²) in [5.41, 5.74) is 0.824. The number of aromatic nitrogens is 1. The largest absolute Gasteiger partial charge is 0.490 e. The van der Waals surface area contributed by atoms with E-state index < -0.39 is 5.97 Å². The summed E-state index contributed by atoms with van der Waals surface area (Å²) >= 11 is 0. The quantitative estimate of drug-likeness (QED) is 0.882. The van der Waals surface area contributed by atoms with Crippen molar-refractivity contribution < 1.29 is 14.6 Å². The predicted octanol–water partition coefficient (Wildman–Crippen LogP) is 2.72. The van der Waals surface area contributed by atoms with Gasteiger partial charge in [-0.25, -0.2) is 4.79 Å². The van der Waals surface area contributed by atoms with Gasteiger partial charge in [-0.3, -0.25) is 4.98 Å². The van der Waals surface area contributed by atoms with E-state index in [1.807, 2.05) is 13.8 Å². The predicted molar refractivity (Wildman–Crippen MR) is 64.5 cm³/mol. The maximum absolute atomic E-state index is 11.3. The first kappa shape index (κ1) is 11.4. The molecule has 0 aliphatic rings. The number of benzene rings is 1. The number of carbonyl (C=O) groups is 1. The molecule has 1 heterocycles. The minimum atomic E-state index is -1.00. The molecule has 1 N–H and O–H groups in total. The van der Waals surface area contributed by atoms with E-state index >= 15 is 0 Å². The highest BCUT2D eigenvalue weighted by Gasteiger charge is 2.16. The number of pyridine rings is 1. The van der Waals surface area contributed by atoms with Gasteiger partial charge in [-0.1, -0.05) is 6.07 Å². The fourth-order valence-corrected chi connectivity index (χ4v) is 1.71. The van der Waals surface area contributed by atoms with Gasteiger partial charge in [-0.15, -0.1) is 0 Å². The van der Waals surface area contributed by atoms with Gasteiger partial charge in [0.2, 0.25) is 0 Å². The van der Waals surface area contributed by atoms with Crippen molar-refractivity contribution in [3.8, 4) is 5.75 Å². The summed E-state index contributed by atoms with van der Waals surface area (Å²) in [5.74, 6) is -0.618. The van der Waals surface area contributed by atoms with Gasteiger partial charge in [0.15, 0.2) is 0 Å². The number of nitrogens with zero attached hydrogens (tertiary/aromatic N) is 1. The van der Waals surface area contributed by atoms with Crippen LogP contribution in [0.5, 0.6) is 5.75 Å². The van der Waals surface area contributed by atoms with Crippen molar-refractivity contribution in [1.82, 2.24) is 4.98 Å². The first-order chi connectivity index (χ1) is 8.09. The molecular formula is C13H13NO3. The second kappa shape index (κ2) is 4.41. The molecule has 0 unspecified atom stereocenters. The molecule has 0 saturated carbocycles. The molecule has 0 fully saturated rings. The van der Waals surface area contributed by atoms with Gasteiger partial charge in [0.1, 0.15) is 11.3 Å². The Morgan fingerprint density at radius 3 is 2.76 bits per heavy atom. The molecule has 4 heteroatoms. The third-order valence-electron chi connectivity index (χ3n) is 2.32. The molecule has 4 nitrogen and oxygen atoms in total. The van der Waals surface area contributed by atoms with Crippen molar-refractivity contribution in [2.24, 2.45) is 0 Å². The maximum atomic E-state index is 11.3. The number of hydrogen-bond acceptors (Lipinski definition) is 3. The normalized spacial score (nSPS) is 10.8. The summed E-state index contributed by atoms with van der Waals surface area (Å²) in [7, 11) is 0. The van der Waals surface area contributed by atoms with Crippen molar-refractivity contribution in [2.45, 2.75) is 20.0 Å². The Hall–Kier alpha value is -2.10. The van der Waals surface area contributed by atoms with Crippen LogP contribution in [-0.2, 0) is 0 Å². The Bertz CT molecular complexity index is 564. The third-order valence-corrected chi connectivity index (χ3v) is 2.32. The summed E-state index contributed by atoms with van der Waals surface area (Å²) in [6, 6.07) is 6.87. The van der Waals surface area contributed by atoms with Crippen LogP contribution in [-0.4, -0.2) is 22.2 Å². The molecule has 0 aliphatic heterocycles. The Morgan fingerprint density at radius 2 is 2.12 bits per heavy atom. The van der Waals surface area contributed by atoms with E-state index in [4.69, 9.17) is 4.74 Å². The molecule has 0 bridgehead atoms. The van der Waals surface area contributed by atoms with E-state index in [2.05, 4.69) is 4.98 Å². The average Bonchev–Trinajstić information content (AvgIpc) is 2.27. The van der Waals surface area contributed by atoms with Gasteiger partial charge in [0, 0.05) is 11.6 Å². The average molecular weight is 231 g/mol. The molecular weight excluding hydrogens is 218 g/mol. The summed E-state index contributed by atoms with van der Waals surface area (Å²) in [6.07, 6.45) is 1.57. The van der Waals surface area contributed by atoms with Crippen LogP contribution in [0.15, 0.2) is 30.5 Å². The molecule has 0 atom stereocenters. The second-order valence-electron chi connectivity index (χ2n) is 3.98. The Balaban J connectivity index is 2.68. The lowest BCUT2D eigenvalue weighted by Crippen LogP contribution is -2.10. The first-order valence-corrected chi connectivity index (χ1v) is 5.37. The van der Waals surface area contributed by atoms with Crippen LogP contribution in [0.4, 0.5) is 0 Å². The van der Waals surface area contributed by atoms with Crippen LogP contribution in [0, 0.1) is 0 Å². The number of hydrogen-bond donors (Lipinski definition) is 1. The fraction of sp³-hybridized carbons (Fsp3) is 0.231. The lowest BCUT2D eigenvalue weighted by Gasteiger charge is -2.13. The highest BCUT2D eigenvalue weighted by molar-refractivity contribution is 6.05. The second-order valence-corrected chi connectivity index (χ2v) is 3.98. The van der Waals surface area contributed by atoms with Crippen LogP contribution in [0.25, 0.3) is 10.9 Å². The number of ether oxygens (including phenoxy) is 1. The molecule has 88 valence electrons. The minimum absolute atomic E-state index is 0.0674. The van der Waals surface area contributed by atoms with Crippen LogP contribution in [0.1, 0.15) is 24.2 Å². The van der Waals surface area contributed by atoms with Gasteiger partial charge >= 0.3 is 5.97 Å². The van der Waals surface area contributed by atoms with Gasteiger partial charge in [0.25, 0.3) is 0 Å². The summed E-state index contributed by atoms with van der Waals surface area (Å²) < 4.78 is 5.51. The molecule has 1 aromatic carbocycles. The molecule has 17 heavy (non-hydrogen) atoms. The Kier molecular flexibility index (Phi) is 2.95. The number of carboxylic acid groups (broad SMARTS) is 1. The molecule has 0 saturated heterocycles. The van der Waals surface area contributed by atoms with Crippen LogP contribution < -0.4 is 4.74 Å². The fourth-order valence-electron chi connectivity index (χ4n) is 1.71. The Labute approximate surface area is 98.9 Å². The van der Waals surface area contributed by atoms with Crippen molar-refractivity contribution >= 4 is 16.9 Å². The molecule has 2 rings (SSSR count). The number of rotatable bonds is 3. The Morgan fingerprint density at radius 1 is 1.35 bits per heavy atom. The van der Waals surface area contributed by atoms with Crippen LogP contribution in [0.2, 0.25) is 0 Å². The zero-order chi connectivity index (χ0) is 12.4. The zero-order valence-electron chi connectivity index (χ0n) is 9.68. The van der Waals surface area contributed by atoms with Gasteiger partial charge in [-0.05, 0) is 32.0 Å². The van der Waals surface area contributed by atoms with Crippen LogP contribution in [0.3, 0.4) is 0 Å². The summed E-state index contributed by atoms with van der Waals surface area (Å²) in [4.78, 5) is 15.4. The smallest absolute Gasteiger partial charge is 0.340 e.